The van der Waals surface area contributed by atoms with Crippen LogP contribution in [0.15, 0.2) is 85.2 Å². The van der Waals surface area contributed by atoms with E-state index in [-0.39, 0.29) is 11.5 Å². The molecule has 2 unspecified atom stereocenters. The lowest BCUT2D eigenvalue weighted by molar-refractivity contribution is 0.0919. The Kier molecular flexibility index (Phi) is 5.35. The number of nitrogen functional groups attached to an aromatic ring is 1. The van der Waals surface area contributed by atoms with Gasteiger partial charge in [-0.3, -0.25) is 14.8 Å². The quantitative estimate of drug-likeness (QED) is 0.355. The molecular formula is C28H22N6O2. The number of fused-ring (bicyclic) bond motifs is 2. The van der Waals surface area contributed by atoms with Crippen molar-refractivity contribution in [3.05, 3.63) is 102 Å². The first-order valence-electron chi connectivity index (χ1n) is 11.6. The second-order valence-electron chi connectivity index (χ2n) is 8.69. The lowest BCUT2D eigenvalue weighted by atomic mass is 10.0. The zero-order chi connectivity index (χ0) is 24.6. The summed E-state index contributed by atoms with van der Waals surface area (Å²) in [5.41, 5.74) is 11.3. The summed E-state index contributed by atoms with van der Waals surface area (Å²) in [7, 11) is 0. The van der Waals surface area contributed by atoms with E-state index in [0.717, 1.165) is 22.0 Å². The Morgan fingerprint density at radius 3 is 2.53 bits per heavy atom. The molecule has 8 heteroatoms. The fourth-order valence-corrected chi connectivity index (χ4v) is 4.66. The highest BCUT2D eigenvalue weighted by atomic mass is 16.3. The van der Waals surface area contributed by atoms with Crippen molar-refractivity contribution in [3.63, 3.8) is 0 Å². The van der Waals surface area contributed by atoms with Gasteiger partial charge in [-0.2, -0.15) is 0 Å². The number of amides is 1. The summed E-state index contributed by atoms with van der Waals surface area (Å²) in [6.45, 7) is 0. The molecule has 8 nitrogen and oxygen atoms in total. The van der Waals surface area contributed by atoms with Crippen molar-refractivity contribution in [2.75, 3.05) is 5.73 Å². The third-order valence-corrected chi connectivity index (χ3v) is 6.39. The highest BCUT2D eigenvalue weighted by Crippen LogP contribution is 2.37. The van der Waals surface area contributed by atoms with Crippen LogP contribution in [-0.2, 0) is 0 Å². The van der Waals surface area contributed by atoms with Crippen molar-refractivity contribution in [1.29, 1.82) is 0 Å². The third kappa shape index (κ3) is 3.83. The smallest absolute Gasteiger partial charge is 0.274 e. The minimum atomic E-state index is -0.690. The summed E-state index contributed by atoms with van der Waals surface area (Å²) in [5, 5.41) is 14.3. The molecule has 0 radical (unpaired) electrons. The van der Waals surface area contributed by atoms with E-state index in [1.54, 1.807) is 18.5 Å². The standard InChI is InChI=1S/C28H22N6O2/c29-27-26(28(36)32-21-15-22(35)19-9-5-13-31-25(19)21)33-24(23(34-27)16-6-2-1-3-7-16)18-10-11-20-17(14-18)8-4-12-30-20/h1-14,21-22,35H,15H2,(H2,29,34)(H,32,36). The van der Waals surface area contributed by atoms with Gasteiger partial charge in [0.2, 0.25) is 0 Å². The summed E-state index contributed by atoms with van der Waals surface area (Å²) >= 11 is 0. The zero-order valence-electron chi connectivity index (χ0n) is 19.2. The van der Waals surface area contributed by atoms with E-state index in [1.165, 1.54) is 0 Å². The van der Waals surface area contributed by atoms with E-state index in [4.69, 9.17) is 10.7 Å². The monoisotopic (exact) mass is 474 g/mol. The number of benzene rings is 2. The van der Waals surface area contributed by atoms with Crippen LogP contribution in [0.25, 0.3) is 33.4 Å². The molecule has 2 atom stereocenters. The van der Waals surface area contributed by atoms with E-state index in [0.29, 0.717) is 29.1 Å². The molecule has 1 aliphatic carbocycles. The van der Waals surface area contributed by atoms with Gasteiger partial charge in [-0.25, -0.2) is 9.97 Å². The number of aliphatic hydroxyl groups is 1. The molecule has 3 aromatic heterocycles. The fraction of sp³-hybridized carbons (Fsp3) is 0.107. The van der Waals surface area contributed by atoms with Crippen molar-refractivity contribution >= 4 is 22.6 Å². The minimum absolute atomic E-state index is 0.0230. The van der Waals surface area contributed by atoms with Gasteiger partial charge in [-0.05, 0) is 24.3 Å². The van der Waals surface area contributed by atoms with Gasteiger partial charge in [-0.1, -0.05) is 48.5 Å². The summed E-state index contributed by atoms with van der Waals surface area (Å²) in [4.78, 5) is 31.5. The van der Waals surface area contributed by atoms with Gasteiger partial charge in [0.05, 0.1) is 34.7 Å². The number of hydrogen-bond donors (Lipinski definition) is 3. The molecule has 5 aromatic rings. The average molecular weight is 475 g/mol. The van der Waals surface area contributed by atoms with E-state index in [1.807, 2.05) is 66.7 Å². The lowest BCUT2D eigenvalue weighted by Gasteiger charge is -2.16. The summed E-state index contributed by atoms with van der Waals surface area (Å²) in [5.74, 6) is -0.448. The molecule has 0 aliphatic heterocycles. The number of aromatic nitrogens is 4. The Bertz CT molecular complexity index is 1610. The van der Waals surface area contributed by atoms with E-state index in [9.17, 15) is 9.90 Å². The number of nitrogens with zero attached hydrogens (tertiary/aromatic N) is 4. The second kappa shape index (κ2) is 8.83. The molecule has 1 amide bonds. The highest BCUT2D eigenvalue weighted by molar-refractivity contribution is 5.98. The van der Waals surface area contributed by atoms with Gasteiger partial charge in [0.1, 0.15) is 0 Å². The third-order valence-electron chi connectivity index (χ3n) is 6.39. The van der Waals surface area contributed by atoms with E-state index in [2.05, 4.69) is 20.3 Å². The van der Waals surface area contributed by atoms with Crippen molar-refractivity contribution in [2.24, 2.45) is 0 Å². The molecule has 0 saturated carbocycles. The van der Waals surface area contributed by atoms with Gasteiger partial charge in [-0.15, -0.1) is 0 Å². The van der Waals surface area contributed by atoms with Crippen LogP contribution in [0.1, 0.15) is 40.3 Å². The van der Waals surface area contributed by atoms with E-state index >= 15 is 0 Å². The number of nitrogens with two attached hydrogens (primary N) is 1. The first-order valence-corrected chi connectivity index (χ1v) is 11.6. The van der Waals surface area contributed by atoms with Crippen LogP contribution in [0.5, 0.6) is 0 Å². The second-order valence-corrected chi connectivity index (χ2v) is 8.69. The van der Waals surface area contributed by atoms with Gasteiger partial charge in [0.15, 0.2) is 11.5 Å². The highest BCUT2D eigenvalue weighted by Gasteiger charge is 2.33. The van der Waals surface area contributed by atoms with Crippen molar-refractivity contribution < 1.29 is 9.90 Å². The number of nitrogens with one attached hydrogen (secondary N) is 1. The number of carbonyl (C=O) groups is 1. The van der Waals surface area contributed by atoms with Crippen LogP contribution in [-0.4, -0.2) is 30.9 Å². The van der Waals surface area contributed by atoms with Gasteiger partial charge in [0.25, 0.3) is 5.91 Å². The van der Waals surface area contributed by atoms with Crippen LogP contribution >= 0.6 is 0 Å². The molecule has 0 fully saturated rings. The predicted molar refractivity (Wildman–Crippen MR) is 137 cm³/mol. The molecule has 2 aromatic carbocycles. The van der Waals surface area contributed by atoms with Gasteiger partial charge >= 0.3 is 0 Å². The number of pyridine rings is 2. The molecule has 3 heterocycles. The number of carbonyl (C=O) groups excluding carboxylic acids is 1. The van der Waals surface area contributed by atoms with E-state index < -0.39 is 18.1 Å². The summed E-state index contributed by atoms with van der Waals surface area (Å²) < 4.78 is 0. The van der Waals surface area contributed by atoms with Crippen molar-refractivity contribution in [3.8, 4) is 22.5 Å². The number of rotatable bonds is 4. The molecular weight excluding hydrogens is 452 g/mol. The topological polar surface area (TPSA) is 127 Å². The van der Waals surface area contributed by atoms with Crippen LogP contribution in [0.2, 0.25) is 0 Å². The summed E-state index contributed by atoms with van der Waals surface area (Å²) in [6.07, 6.45) is 3.03. The maximum Gasteiger partial charge on any atom is 0.274 e. The van der Waals surface area contributed by atoms with Crippen molar-refractivity contribution in [2.45, 2.75) is 18.6 Å². The largest absolute Gasteiger partial charge is 0.388 e. The first kappa shape index (κ1) is 21.8. The van der Waals surface area contributed by atoms with Gasteiger partial charge in [0, 0.05) is 40.9 Å². The molecule has 1 aliphatic rings. The summed E-state index contributed by atoms with van der Waals surface area (Å²) in [6, 6.07) is 22.4. The molecule has 176 valence electrons. The Morgan fingerprint density at radius 2 is 1.67 bits per heavy atom. The van der Waals surface area contributed by atoms with Crippen LogP contribution in [0, 0.1) is 0 Å². The molecule has 0 saturated heterocycles. The fourth-order valence-electron chi connectivity index (χ4n) is 4.66. The lowest BCUT2D eigenvalue weighted by Crippen LogP contribution is -2.29. The Morgan fingerprint density at radius 1 is 0.889 bits per heavy atom. The number of hydrogen-bond acceptors (Lipinski definition) is 7. The molecule has 0 spiro atoms. The Labute approximate surface area is 206 Å². The predicted octanol–water partition coefficient (Wildman–Crippen LogP) is 4.24. The van der Waals surface area contributed by atoms with Crippen LogP contribution in [0.3, 0.4) is 0 Å². The Balaban J connectivity index is 1.44. The van der Waals surface area contributed by atoms with Crippen molar-refractivity contribution in [1.82, 2.24) is 25.3 Å². The Hall–Kier alpha value is -4.69. The SMILES string of the molecule is Nc1nc(-c2ccccc2)c(-c2ccc3ncccc3c2)nc1C(=O)NC1CC(O)c2cccnc21. The van der Waals surface area contributed by atoms with Crippen LogP contribution in [0.4, 0.5) is 5.82 Å². The molecule has 0 bridgehead atoms. The zero-order valence-corrected chi connectivity index (χ0v) is 19.2. The maximum atomic E-state index is 13.4. The van der Waals surface area contributed by atoms with Gasteiger partial charge < -0.3 is 16.2 Å². The molecule has 4 N–H and O–H groups in total. The number of aliphatic hydroxyl groups excluding tert-OH is 1. The average Bonchev–Trinajstić information content (AvgIpc) is 3.23. The first-order chi connectivity index (χ1) is 17.6. The maximum absolute atomic E-state index is 13.4. The molecule has 6 rings (SSSR count). The van der Waals surface area contributed by atoms with Crippen LogP contribution < -0.4 is 11.1 Å². The number of anilines is 1. The minimum Gasteiger partial charge on any atom is -0.388 e. The molecule has 36 heavy (non-hydrogen) atoms. The normalized spacial score (nSPS) is 16.6.